The van der Waals surface area contributed by atoms with Gasteiger partial charge in [-0.05, 0) is 81.7 Å². The molecule has 0 aliphatic carbocycles. The Morgan fingerprint density at radius 3 is 2.61 bits per heavy atom. The minimum absolute atomic E-state index is 0.00387. The van der Waals surface area contributed by atoms with Crippen molar-refractivity contribution in [1.82, 2.24) is 19.5 Å². The van der Waals surface area contributed by atoms with E-state index in [1.807, 2.05) is 19.1 Å². The van der Waals surface area contributed by atoms with E-state index in [0.29, 0.717) is 10.9 Å². The number of anilines is 1. The van der Waals surface area contributed by atoms with Crippen molar-refractivity contribution in [3.05, 3.63) is 59.0 Å². The minimum atomic E-state index is -0.186. The lowest BCUT2D eigenvalue weighted by Gasteiger charge is -2.34. The number of piperidine rings is 1. The van der Waals surface area contributed by atoms with E-state index in [9.17, 15) is 4.79 Å². The molecule has 146 valence electrons. The average molecular weight is 398 g/mol. The number of carbonyl (C=O) groups excluding carboxylic acids is 1. The molecule has 1 unspecified atom stereocenters. The van der Waals surface area contributed by atoms with Gasteiger partial charge in [-0.25, -0.2) is 0 Å². The molecule has 1 aromatic carbocycles. The fraction of sp³-hybridized carbons (Fsp3) is 0.381. The van der Waals surface area contributed by atoms with Gasteiger partial charge in [0.1, 0.15) is 5.82 Å². The first kappa shape index (κ1) is 18.9. The van der Waals surface area contributed by atoms with E-state index in [0.717, 1.165) is 43.1 Å². The number of amides is 1. The van der Waals surface area contributed by atoms with Crippen molar-refractivity contribution in [1.29, 1.82) is 0 Å². The maximum Gasteiger partial charge on any atom is 0.241 e. The highest BCUT2D eigenvalue weighted by Crippen LogP contribution is 2.28. The first-order valence-corrected chi connectivity index (χ1v) is 10.0. The first-order valence-electron chi connectivity index (χ1n) is 9.63. The second kappa shape index (κ2) is 7.89. The predicted octanol–water partition coefficient (Wildman–Crippen LogP) is 3.90. The van der Waals surface area contributed by atoms with E-state index >= 15 is 0 Å². The molecule has 1 aliphatic rings. The molecule has 6 nitrogen and oxygen atoms in total. The summed E-state index contributed by atoms with van der Waals surface area (Å²) in [5.74, 6) is 1.39. The van der Waals surface area contributed by atoms with Gasteiger partial charge < -0.3 is 5.32 Å². The maximum absolute atomic E-state index is 12.6. The number of hydrogen-bond acceptors (Lipinski definition) is 4. The third-order valence-electron chi connectivity index (χ3n) is 5.53. The number of hydrogen-bond donors (Lipinski definition) is 1. The Hall–Kier alpha value is -2.44. The van der Waals surface area contributed by atoms with E-state index in [1.165, 1.54) is 5.56 Å². The molecule has 0 saturated carbocycles. The second-order valence-corrected chi connectivity index (χ2v) is 7.91. The Morgan fingerprint density at radius 1 is 1.18 bits per heavy atom. The van der Waals surface area contributed by atoms with Crippen molar-refractivity contribution < 1.29 is 4.79 Å². The van der Waals surface area contributed by atoms with Crippen LogP contribution >= 0.6 is 11.6 Å². The molecule has 1 atom stereocenters. The molecular formula is C21H24ClN5O. The summed E-state index contributed by atoms with van der Waals surface area (Å²) in [6.45, 7) is 5.74. The van der Waals surface area contributed by atoms with Gasteiger partial charge in [-0.1, -0.05) is 11.6 Å². The number of pyridine rings is 1. The quantitative estimate of drug-likeness (QED) is 0.725. The number of aromatic nitrogens is 3. The van der Waals surface area contributed by atoms with Crippen LogP contribution in [0.2, 0.25) is 5.02 Å². The highest BCUT2D eigenvalue weighted by atomic mass is 35.5. The van der Waals surface area contributed by atoms with Gasteiger partial charge in [0.05, 0.1) is 6.04 Å². The van der Waals surface area contributed by atoms with Gasteiger partial charge >= 0.3 is 0 Å². The summed E-state index contributed by atoms with van der Waals surface area (Å²) < 4.78 is 2.09. The lowest BCUT2D eigenvalue weighted by atomic mass is 9.95. The minimum Gasteiger partial charge on any atom is -0.325 e. The molecule has 1 fully saturated rings. The van der Waals surface area contributed by atoms with Crippen LogP contribution in [0.5, 0.6) is 0 Å². The van der Waals surface area contributed by atoms with Crippen molar-refractivity contribution in [3.63, 3.8) is 0 Å². The van der Waals surface area contributed by atoms with Crippen LogP contribution in [-0.2, 0) is 4.79 Å². The van der Waals surface area contributed by atoms with Crippen LogP contribution in [0.4, 0.5) is 5.69 Å². The number of nitrogens with zero attached hydrogens (tertiary/aromatic N) is 4. The molecule has 3 aromatic rings. The SMILES string of the molecule is Cc1ccn2c(C3CCN(C(C)C(=O)Nc4ccc(Cl)cc4)CC3)nnc2c1. The largest absolute Gasteiger partial charge is 0.325 e. The van der Waals surface area contributed by atoms with Gasteiger partial charge in [0.25, 0.3) is 0 Å². The average Bonchev–Trinajstić information content (AvgIpc) is 3.12. The standard InChI is InChI=1S/C21H24ClN5O/c1-14-7-12-27-19(13-14)24-25-20(27)16-8-10-26(11-9-16)15(2)21(28)23-18-5-3-17(22)4-6-18/h3-7,12-13,15-16H,8-11H2,1-2H3,(H,23,28). The summed E-state index contributed by atoms with van der Waals surface area (Å²) >= 11 is 5.90. The highest BCUT2D eigenvalue weighted by molar-refractivity contribution is 6.30. The Kier molecular flexibility index (Phi) is 5.33. The number of halogens is 1. The fourth-order valence-electron chi connectivity index (χ4n) is 3.78. The van der Waals surface area contributed by atoms with Gasteiger partial charge in [0.15, 0.2) is 5.65 Å². The Labute approximate surface area is 169 Å². The lowest BCUT2D eigenvalue weighted by Crippen LogP contribution is -2.45. The third kappa shape index (κ3) is 3.88. The lowest BCUT2D eigenvalue weighted by molar-refractivity contribution is -0.121. The molecule has 0 spiro atoms. The smallest absolute Gasteiger partial charge is 0.241 e. The number of likely N-dealkylation sites (tertiary alicyclic amines) is 1. The van der Waals surface area contributed by atoms with Crippen LogP contribution in [0.3, 0.4) is 0 Å². The number of aryl methyl sites for hydroxylation is 1. The summed E-state index contributed by atoms with van der Waals surface area (Å²) in [4.78, 5) is 14.8. The van der Waals surface area contributed by atoms with Crippen molar-refractivity contribution in [2.24, 2.45) is 0 Å². The zero-order valence-corrected chi connectivity index (χ0v) is 16.9. The number of nitrogens with one attached hydrogen (secondary N) is 1. The molecule has 0 bridgehead atoms. The second-order valence-electron chi connectivity index (χ2n) is 7.47. The van der Waals surface area contributed by atoms with E-state index in [-0.39, 0.29) is 11.9 Å². The molecule has 7 heteroatoms. The van der Waals surface area contributed by atoms with Gasteiger partial charge in [0.2, 0.25) is 5.91 Å². The summed E-state index contributed by atoms with van der Waals surface area (Å²) in [6, 6.07) is 11.1. The van der Waals surface area contributed by atoms with Crippen LogP contribution in [-0.4, -0.2) is 44.5 Å². The summed E-state index contributed by atoms with van der Waals surface area (Å²) in [6.07, 6.45) is 3.98. The number of rotatable bonds is 4. The molecule has 1 N–H and O–H groups in total. The Bertz CT molecular complexity index is 976. The van der Waals surface area contributed by atoms with Crippen LogP contribution in [0.15, 0.2) is 42.6 Å². The fourth-order valence-corrected chi connectivity index (χ4v) is 3.91. The highest BCUT2D eigenvalue weighted by Gasteiger charge is 2.29. The summed E-state index contributed by atoms with van der Waals surface area (Å²) in [7, 11) is 0. The van der Waals surface area contributed by atoms with E-state index < -0.39 is 0 Å². The molecule has 2 aromatic heterocycles. The Balaban J connectivity index is 1.37. The van der Waals surface area contributed by atoms with Crippen LogP contribution in [0.25, 0.3) is 5.65 Å². The summed E-state index contributed by atoms with van der Waals surface area (Å²) in [5.41, 5.74) is 2.84. The maximum atomic E-state index is 12.6. The molecule has 0 radical (unpaired) electrons. The predicted molar refractivity (Wildman–Crippen MR) is 111 cm³/mol. The van der Waals surface area contributed by atoms with Gasteiger partial charge in [-0.2, -0.15) is 0 Å². The van der Waals surface area contributed by atoms with Crippen molar-refractivity contribution in [2.75, 3.05) is 18.4 Å². The molecule has 1 aliphatic heterocycles. The third-order valence-corrected chi connectivity index (χ3v) is 5.78. The van der Waals surface area contributed by atoms with E-state index in [1.54, 1.807) is 12.1 Å². The zero-order chi connectivity index (χ0) is 19.7. The van der Waals surface area contributed by atoms with Crippen molar-refractivity contribution in [2.45, 2.75) is 38.6 Å². The molecule has 3 heterocycles. The number of fused-ring (bicyclic) bond motifs is 1. The van der Waals surface area contributed by atoms with Crippen LogP contribution in [0.1, 0.15) is 37.1 Å². The monoisotopic (exact) mass is 397 g/mol. The van der Waals surface area contributed by atoms with Crippen molar-refractivity contribution in [3.8, 4) is 0 Å². The van der Waals surface area contributed by atoms with Crippen LogP contribution < -0.4 is 5.32 Å². The zero-order valence-electron chi connectivity index (χ0n) is 16.1. The van der Waals surface area contributed by atoms with Gasteiger partial charge in [0, 0.05) is 22.8 Å². The Morgan fingerprint density at radius 2 is 1.89 bits per heavy atom. The normalized spacial score (nSPS) is 17.0. The van der Waals surface area contributed by atoms with Gasteiger partial charge in [-0.15, -0.1) is 10.2 Å². The molecule has 1 amide bonds. The topological polar surface area (TPSA) is 62.5 Å². The molecular weight excluding hydrogens is 374 g/mol. The number of benzene rings is 1. The van der Waals surface area contributed by atoms with E-state index in [2.05, 4.69) is 50.1 Å². The molecule has 4 rings (SSSR count). The molecule has 28 heavy (non-hydrogen) atoms. The molecule has 1 saturated heterocycles. The number of carbonyl (C=O) groups is 1. The summed E-state index contributed by atoms with van der Waals surface area (Å²) in [5, 5.41) is 12.4. The van der Waals surface area contributed by atoms with Crippen molar-refractivity contribution >= 4 is 28.8 Å². The van der Waals surface area contributed by atoms with E-state index in [4.69, 9.17) is 11.6 Å². The van der Waals surface area contributed by atoms with Crippen LogP contribution in [0, 0.1) is 6.92 Å². The van der Waals surface area contributed by atoms with Gasteiger partial charge in [-0.3, -0.25) is 14.1 Å². The first-order chi connectivity index (χ1) is 13.5.